The Hall–Kier alpha value is -2.72. The largest absolute Gasteiger partial charge is 0.452 e. The first-order valence-corrected chi connectivity index (χ1v) is 9.66. The zero-order chi connectivity index (χ0) is 20.4. The number of carbonyl (C=O) groups is 3. The summed E-state index contributed by atoms with van der Waals surface area (Å²) < 4.78 is 30.9. The third-order valence-corrected chi connectivity index (χ3v) is 4.83. The molecule has 148 valence electrons. The summed E-state index contributed by atoms with van der Waals surface area (Å²) in [5.41, 5.74) is 0.0644. The van der Waals surface area contributed by atoms with Gasteiger partial charge in [-0.25, -0.2) is 22.7 Å². The molecule has 1 aromatic rings. The molecule has 0 aromatic heterocycles. The quantitative estimate of drug-likeness (QED) is 0.420. The number of hydrogen-bond donors (Lipinski definition) is 3. The number of ether oxygens (including phenoxy) is 1. The topological polar surface area (TPSA) is 131 Å². The van der Waals surface area contributed by atoms with Gasteiger partial charge < -0.3 is 10.1 Å². The summed E-state index contributed by atoms with van der Waals surface area (Å²) in [5.74, 6) is -1.60. The highest BCUT2D eigenvalue weighted by atomic mass is 32.2. The van der Waals surface area contributed by atoms with Gasteiger partial charge in [-0.15, -0.1) is 6.58 Å². The van der Waals surface area contributed by atoms with Crippen LogP contribution in [0.5, 0.6) is 0 Å². The zero-order valence-electron chi connectivity index (χ0n) is 15.2. The Labute approximate surface area is 158 Å². The Morgan fingerprint density at radius 3 is 2.41 bits per heavy atom. The molecule has 10 heteroatoms. The van der Waals surface area contributed by atoms with Gasteiger partial charge in [0.25, 0.3) is 5.91 Å². The van der Waals surface area contributed by atoms with Gasteiger partial charge in [0, 0.05) is 12.6 Å². The van der Waals surface area contributed by atoms with E-state index in [-0.39, 0.29) is 23.0 Å². The maximum atomic E-state index is 11.9. The van der Waals surface area contributed by atoms with Crippen molar-refractivity contribution in [1.29, 1.82) is 0 Å². The lowest BCUT2D eigenvalue weighted by atomic mass is 10.2. The molecular weight excluding hydrogens is 374 g/mol. The number of carbonyl (C=O) groups excluding carboxylic acids is 3. The van der Waals surface area contributed by atoms with Gasteiger partial charge in [0.1, 0.15) is 0 Å². The number of amides is 3. The zero-order valence-corrected chi connectivity index (χ0v) is 16.0. The molecule has 3 amide bonds. The summed E-state index contributed by atoms with van der Waals surface area (Å²) in [6, 6.07) is 4.23. The fourth-order valence-electron chi connectivity index (χ4n) is 1.76. The number of nitrogens with one attached hydrogen (secondary N) is 3. The van der Waals surface area contributed by atoms with Crippen LogP contribution in [0.15, 0.2) is 41.8 Å². The summed E-state index contributed by atoms with van der Waals surface area (Å²) in [6.45, 7) is 6.50. The number of rotatable bonds is 9. The molecular formula is C17H23N3O6S. The van der Waals surface area contributed by atoms with E-state index in [1.807, 2.05) is 12.2 Å². The smallest absolute Gasteiger partial charge is 0.338 e. The second-order valence-electron chi connectivity index (χ2n) is 5.57. The number of benzene rings is 1. The van der Waals surface area contributed by atoms with Gasteiger partial charge in [-0.05, 0) is 37.6 Å². The molecule has 0 aliphatic carbocycles. The molecule has 0 bridgehead atoms. The second kappa shape index (κ2) is 10.4. The summed E-state index contributed by atoms with van der Waals surface area (Å²) in [5, 5.41) is 4.57. The van der Waals surface area contributed by atoms with E-state index in [1.54, 1.807) is 6.92 Å². The van der Waals surface area contributed by atoms with Crippen LogP contribution in [-0.2, 0) is 19.6 Å². The highest BCUT2D eigenvalue weighted by molar-refractivity contribution is 7.89. The third-order valence-electron chi connectivity index (χ3n) is 3.40. The van der Waals surface area contributed by atoms with Crippen LogP contribution in [0, 0.1) is 0 Å². The van der Waals surface area contributed by atoms with E-state index >= 15 is 0 Å². The monoisotopic (exact) mass is 397 g/mol. The first kappa shape index (κ1) is 22.3. The van der Waals surface area contributed by atoms with Crippen molar-refractivity contribution in [3.63, 3.8) is 0 Å². The first-order chi connectivity index (χ1) is 12.7. The number of esters is 1. The lowest BCUT2D eigenvalue weighted by molar-refractivity contribution is -0.123. The highest BCUT2D eigenvalue weighted by Gasteiger charge is 2.16. The van der Waals surface area contributed by atoms with E-state index in [1.165, 1.54) is 30.3 Å². The number of urea groups is 1. The van der Waals surface area contributed by atoms with E-state index < -0.39 is 34.5 Å². The lowest BCUT2D eigenvalue weighted by Gasteiger charge is -2.11. The van der Waals surface area contributed by atoms with E-state index in [9.17, 15) is 22.8 Å². The van der Waals surface area contributed by atoms with Crippen molar-refractivity contribution < 1.29 is 27.5 Å². The number of imide groups is 1. The minimum Gasteiger partial charge on any atom is -0.452 e. The molecule has 0 fully saturated rings. The molecule has 0 heterocycles. The summed E-state index contributed by atoms with van der Waals surface area (Å²) in [6.07, 6.45) is 2.10. The molecule has 0 aliphatic heterocycles. The molecule has 9 nitrogen and oxygen atoms in total. The number of hydrogen-bond acceptors (Lipinski definition) is 6. The predicted octanol–water partition coefficient (Wildman–Crippen LogP) is 0.932. The van der Waals surface area contributed by atoms with Crippen LogP contribution in [0.3, 0.4) is 0 Å². The molecule has 1 rings (SSSR count). The average molecular weight is 397 g/mol. The molecule has 27 heavy (non-hydrogen) atoms. The van der Waals surface area contributed by atoms with Crippen LogP contribution in [0.1, 0.15) is 30.6 Å². The van der Waals surface area contributed by atoms with Gasteiger partial charge in [0.05, 0.1) is 10.5 Å². The van der Waals surface area contributed by atoms with Crippen LogP contribution in [0.4, 0.5) is 4.79 Å². The van der Waals surface area contributed by atoms with Gasteiger partial charge in [0.15, 0.2) is 6.61 Å². The SMILES string of the molecule is C=CCNS(=O)(=O)c1ccc(C(=O)OCC(=O)NC(=O)N[C@@H](C)CC)cc1. The van der Waals surface area contributed by atoms with Crippen LogP contribution in [-0.4, -0.2) is 45.5 Å². The Kier molecular flexibility index (Phi) is 8.63. The van der Waals surface area contributed by atoms with Crippen molar-refractivity contribution in [2.75, 3.05) is 13.2 Å². The second-order valence-corrected chi connectivity index (χ2v) is 7.34. The van der Waals surface area contributed by atoms with Crippen LogP contribution >= 0.6 is 0 Å². The fourth-order valence-corrected chi connectivity index (χ4v) is 2.76. The van der Waals surface area contributed by atoms with Crippen molar-refractivity contribution in [2.24, 2.45) is 0 Å². The van der Waals surface area contributed by atoms with Crippen molar-refractivity contribution in [2.45, 2.75) is 31.2 Å². The summed E-state index contributed by atoms with van der Waals surface area (Å²) in [7, 11) is -3.70. The highest BCUT2D eigenvalue weighted by Crippen LogP contribution is 2.11. The standard InChI is InChI=1S/C17H23N3O6S/c1-4-10-18-27(24,25)14-8-6-13(7-9-14)16(22)26-11-15(21)20-17(23)19-12(3)5-2/h4,6-9,12,18H,1,5,10-11H2,2-3H3,(H2,19,20,21,23)/t12-/m0/s1. The van der Waals surface area contributed by atoms with Crippen LogP contribution < -0.4 is 15.4 Å². The van der Waals surface area contributed by atoms with Gasteiger partial charge in [-0.1, -0.05) is 13.0 Å². The molecule has 1 aromatic carbocycles. The van der Waals surface area contributed by atoms with Crippen LogP contribution in [0.2, 0.25) is 0 Å². The Morgan fingerprint density at radius 2 is 1.85 bits per heavy atom. The Balaban J connectivity index is 2.57. The molecule has 3 N–H and O–H groups in total. The van der Waals surface area contributed by atoms with Crippen molar-refractivity contribution >= 4 is 27.9 Å². The summed E-state index contributed by atoms with van der Waals surface area (Å²) in [4.78, 5) is 35.0. The van der Waals surface area contributed by atoms with E-state index in [0.717, 1.165) is 0 Å². The molecule has 0 aliphatic rings. The molecule has 0 saturated carbocycles. The van der Waals surface area contributed by atoms with Gasteiger partial charge in [-0.2, -0.15) is 0 Å². The minimum absolute atomic E-state index is 0.0274. The molecule has 0 radical (unpaired) electrons. The molecule has 1 atom stereocenters. The lowest BCUT2D eigenvalue weighted by Crippen LogP contribution is -2.44. The normalized spacial score (nSPS) is 11.9. The van der Waals surface area contributed by atoms with Gasteiger partial charge in [0.2, 0.25) is 10.0 Å². The van der Waals surface area contributed by atoms with E-state index in [2.05, 4.69) is 16.6 Å². The maximum Gasteiger partial charge on any atom is 0.338 e. The summed E-state index contributed by atoms with van der Waals surface area (Å²) >= 11 is 0. The van der Waals surface area contributed by atoms with E-state index in [4.69, 9.17) is 4.74 Å². The van der Waals surface area contributed by atoms with E-state index in [0.29, 0.717) is 6.42 Å². The Morgan fingerprint density at radius 1 is 1.22 bits per heavy atom. The van der Waals surface area contributed by atoms with Gasteiger partial charge in [-0.3, -0.25) is 10.1 Å². The fraction of sp³-hybridized carbons (Fsp3) is 0.353. The van der Waals surface area contributed by atoms with Crippen LogP contribution in [0.25, 0.3) is 0 Å². The van der Waals surface area contributed by atoms with Crippen molar-refractivity contribution in [3.05, 3.63) is 42.5 Å². The average Bonchev–Trinajstić information content (AvgIpc) is 2.64. The Bertz CT molecular complexity index is 789. The molecule has 0 saturated heterocycles. The third kappa shape index (κ3) is 7.59. The molecule has 0 spiro atoms. The number of sulfonamides is 1. The van der Waals surface area contributed by atoms with Gasteiger partial charge >= 0.3 is 12.0 Å². The van der Waals surface area contributed by atoms with Crippen molar-refractivity contribution in [1.82, 2.24) is 15.4 Å². The predicted molar refractivity (Wildman–Crippen MR) is 98.5 cm³/mol. The molecule has 0 unspecified atom stereocenters. The maximum absolute atomic E-state index is 11.9. The minimum atomic E-state index is -3.70. The van der Waals surface area contributed by atoms with Crippen molar-refractivity contribution in [3.8, 4) is 0 Å². The first-order valence-electron chi connectivity index (χ1n) is 8.17.